The van der Waals surface area contributed by atoms with Gasteiger partial charge in [0.05, 0.1) is 6.42 Å². The largest absolute Gasteiger partial charge is 0.479 e. The number of esters is 1. The number of carbonyl (C=O) groups is 3. The van der Waals surface area contributed by atoms with Crippen LogP contribution < -0.4 is 5.32 Å². The lowest BCUT2D eigenvalue weighted by atomic mass is 9.71. The predicted molar refractivity (Wildman–Crippen MR) is 100 cm³/mol. The molecule has 7 heteroatoms. The van der Waals surface area contributed by atoms with Gasteiger partial charge in [0, 0.05) is 0 Å². The zero-order chi connectivity index (χ0) is 20.9. The number of benzene rings is 1. The topological polar surface area (TPSA) is 102 Å². The molecule has 150 valence electrons. The molecule has 0 fully saturated rings. The Hall–Kier alpha value is -2.57. The summed E-state index contributed by atoms with van der Waals surface area (Å²) in [6.07, 6.45) is -1.44. The Labute approximate surface area is 160 Å². The molecule has 0 radical (unpaired) electrons. The Morgan fingerprint density at radius 3 is 2.00 bits per heavy atom. The molecule has 7 nitrogen and oxygen atoms in total. The summed E-state index contributed by atoms with van der Waals surface area (Å²) >= 11 is 0. The van der Waals surface area contributed by atoms with Crippen molar-refractivity contribution in [2.75, 3.05) is 0 Å². The molecule has 1 atom stereocenters. The van der Waals surface area contributed by atoms with Crippen LogP contribution in [0.15, 0.2) is 30.3 Å². The first-order valence-corrected chi connectivity index (χ1v) is 8.71. The van der Waals surface area contributed by atoms with Gasteiger partial charge in [-0.2, -0.15) is 0 Å². The van der Waals surface area contributed by atoms with Gasteiger partial charge in [0.2, 0.25) is 0 Å². The van der Waals surface area contributed by atoms with Crippen LogP contribution in [0.25, 0.3) is 0 Å². The number of ether oxygens (including phenoxy) is 2. The van der Waals surface area contributed by atoms with Crippen LogP contribution in [0, 0.1) is 5.41 Å². The van der Waals surface area contributed by atoms with E-state index in [1.165, 1.54) is 0 Å². The number of hydrogen-bond donors (Lipinski definition) is 2. The fourth-order valence-corrected chi connectivity index (χ4v) is 2.47. The smallest absolute Gasteiger partial charge is 0.408 e. The molecule has 0 aromatic heterocycles. The van der Waals surface area contributed by atoms with Gasteiger partial charge in [-0.1, -0.05) is 51.1 Å². The molecule has 1 aromatic carbocycles. The number of hydrogen-bond acceptors (Lipinski definition) is 5. The minimum Gasteiger partial charge on any atom is -0.479 e. The van der Waals surface area contributed by atoms with Crippen molar-refractivity contribution in [1.82, 2.24) is 5.32 Å². The molecule has 0 heterocycles. The number of amides is 1. The second kappa shape index (κ2) is 8.41. The first kappa shape index (κ1) is 22.5. The summed E-state index contributed by atoms with van der Waals surface area (Å²) in [5.41, 5.74) is -2.88. The second-order valence-corrected chi connectivity index (χ2v) is 8.41. The van der Waals surface area contributed by atoms with E-state index in [9.17, 15) is 19.5 Å². The van der Waals surface area contributed by atoms with Crippen molar-refractivity contribution in [1.29, 1.82) is 0 Å². The lowest BCUT2D eigenvalue weighted by Gasteiger charge is -2.41. The Morgan fingerprint density at radius 1 is 1.00 bits per heavy atom. The monoisotopic (exact) mass is 379 g/mol. The van der Waals surface area contributed by atoms with Gasteiger partial charge in [-0.25, -0.2) is 9.59 Å². The third kappa shape index (κ3) is 6.58. The molecule has 0 aliphatic heterocycles. The number of rotatable bonds is 6. The summed E-state index contributed by atoms with van der Waals surface area (Å²) in [5, 5.41) is 12.3. The van der Waals surface area contributed by atoms with Crippen LogP contribution in [0.4, 0.5) is 4.79 Å². The molecule has 1 aromatic rings. The van der Waals surface area contributed by atoms with Gasteiger partial charge in [-0.05, 0) is 31.7 Å². The number of alkyl carbamates (subject to hydrolysis) is 1. The van der Waals surface area contributed by atoms with Crippen molar-refractivity contribution in [3.05, 3.63) is 35.9 Å². The molecule has 0 saturated carbocycles. The highest BCUT2D eigenvalue weighted by molar-refractivity contribution is 5.90. The van der Waals surface area contributed by atoms with Gasteiger partial charge < -0.3 is 19.9 Å². The van der Waals surface area contributed by atoms with Crippen molar-refractivity contribution in [3.8, 4) is 0 Å². The van der Waals surface area contributed by atoms with E-state index < -0.39 is 41.0 Å². The molecule has 0 aliphatic carbocycles. The quantitative estimate of drug-likeness (QED) is 0.733. The number of carboxylic acid groups (broad SMARTS) is 1. The van der Waals surface area contributed by atoms with Gasteiger partial charge in [0.1, 0.15) is 12.2 Å². The minimum absolute atomic E-state index is 0.0149. The highest BCUT2D eigenvalue weighted by atomic mass is 16.6. The predicted octanol–water partition coefficient (Wildman–Crippen LogP) is 3.51. The number of carbonyl (C=O) groups excluding carboxylic acids is 2. The summed E-state index contributed by atoms with van der Waals surface area (Å²) in [6, 6.07) is 9.00. The Balaban J connectivity index is 2.98. The molecule has 2 N–H and O–H groups in total. The zero-order valence-corrected chi connectivity index (χ0v) is 16.8. The van der Waals surface area contributed by atoms with Gasteiger partial charge in [-0.15, -0.1) is 0 Å². The van der Waals surface area contributed by atoms with E-state index in [-0.39, 0.29) is 6.61 Å². The molecular weight excluding hydrogens is 350 g/mol. The van der Waals surface area contributed by atoms with Crippen LogP contribution >= 0.6 is 0 Å². The summed E-state index contributed by atoms with van der Waals surface area (Å²) in [4.78, 5) is 36.7. The molecule has 0 spiro atoms. The van der Waals surface area contributed by atoms with Crippen molar-refractivity contribution < 1.29 is 29.0 Å². The van der Waals surface area contributed by atoms with Gasteiger partial charge >= 0.3 is 18.0 Å². The van der Waals surface area contributed by atoms with E-state index in [0.717, 1.165) is 5.56 Å². The second-order valence-electron chi connectivity index (χ2n) is 8.41. The van der Waals surface area contributed by atoms with Crippen LogP contribution in [-0.4, -0.2) is 34.3 Å². The number of aliphatic carboxylic acids is 1. The van der Waals surface area contributed by atoms with Gasteiger partial charge in [0.25, 0.3) is 0 Å². The standard InChI is InChI=1S/C20H29NO6/c1-18(2,3)20(16(23)24,12-15(22)27-19(4,5)6)21-17(25)26-13-14-10-8-7-9-11-14/h7-11H,12-13H2,1-6H3,(H,21,25)(H,23,24)/t20-/m1/s1. The van der Waals surface area contributed by atoms with Crippen LogP contribution in [0.2, 0.25) is 0 Å². The van der Waals surface area contributed by atoms with E-state index in [1.54, 1.807) is 65.8 Å². The normalized spacial score (nSPS) is 14.0. The lowest BCUT2D eigenvalue weighted by molar-refractivity contribution is -0.165. The van der Waals surface area contributed by atoms with Crippen molar-refractivity contribution in [3.63, 3.8) is 0 Å². The molecule has 0 bridgehead atoms. The lowest BCUT2D eigenvalue weighted by Crippen LogP contribution is -2.63. The maximum Gasteiger partial charge on any atom is 0.408 e. The van der Waals surface area contributed by atoms with Gasteiger partial charge in [0.15, 0.2) is 5.54 Å². The van der Waals surface area contributed by atoms with Crippen LogP contribution in [-0.2, 0) is 25.7 Å². The maximum absolute atomic E-state index is 12.3. The highest BCUT2D eigenvalue weighted by Crippen LogP contribution is 2.35. The average molecular weight is 379 g/mol. The SMILES string of the molecule is CC(C)(C)OC(=O)C[C@@](NC(=O)OCc1ccccc1)(C(=O)O)C(C)(C)C. The van der Waals surface area contributed by atoms with Crippen molar-refractivity contribution >= 4 is 18.0 Å². The average Bonchev–Trinajstić information content (AvgIpc) is 2.50. The molecule has 27 heavy (non-hydrogen) atoms. The van der Waals surface area contributed by atoms with E-state index in [2.05, 4.69) is 5.32 Å². The zero-order valence-electron chi connectivity index (χ0n) is 16.8. The van der Waals surface area contributed by atoms with Crippen LogP contribution in [0.3, 0.4) is 0 Å². The number of nitrogens with one attached hydrogen (secondary N) is 1. The van der Waals surface area contributed by atoms with Gasteiger partial charge in [-0.3, -0.25) is 4.79 Å². The van der Waals surface area contributed by atoms with E-state index in [0.29, 0.717) is 0 Å². The first-order valence-electron chi connectivity index (χ1n) is 8.71. The summed E-state index contributed by atoms with van der Waals surface area (Å²) in [6.45, 7) is 9.93. The fraction of sp³-hybridized carbons (Fsp3) is 0.550. The molecule has 0 saturated heterocycles. The highest BCUT2D eigenvalue weighted by Gasteiger charge is 2.52. The van der Waals surface area contributed by atoms with E-state index in [1.807, 2.05) is 6.07 Å². The Morgan fingerprint density at radius 2 is 1.56 bits per heavy atom. The molecule has 1 amide bonds. The van der Waals surface area contributed by atoms with Crippen molar-refractivity contribution in [2.45, 2.75) is 65.7 Å². The maximum atomic E-state index is 12.3. The van der Waals surface area contributed by atoms with Crippen molar-refractivity contribution in [2.24, 2.45) is 5.41 Å². The summed E-state index contributed by atoms with van der Waals surface area (Å²) < 4.78 is 10.4. The molecule has 0 unspecified atom stereocenters. The van der Waals surface area contributed by atoms with Crippen LogP contribution in [0.5, 0.6) is 0 Å². The summed E-state index contributed by atoms with van der Waals surface area (Å²) in [5.74, 6) is -2.05. The van der Waals surface area contributed by atoms with Crippen LogP contribution in [0.1, 0.15) is 53.5 Å². The van der Waals surface area contributed by atoms with E-state index >= 15 is 0 Å². The third-order valence-electron chi connectivity index (χ3n) is 4.00. The number of carboxylic acids is 1. The molecule has 0 aliphatic rings. The Bertz CT molecular complexity index is 672. The third-order valence-corrected chi connectivity index (χ3v) is 4.00. The Kier molecular flexibility index (Phi) is 7.00. The van der Waals surface area contributed by atoms with E-state index in [4.69, 9.17) is 9.47 Å². The summed E-state index contributed by atoms with van der Waals surface area (Å²) in [7, 11) is 0. The molecular formula is C20H29NO6. The molecule has 1 rings (SSSR count). The fourth-order valence-electron chi connectivity index (χ4n) is 2.47. The first-order chi connectivity index (χ1) is 12.3. The minimum atomic E-state index is -1.89.